The number of nitrogens with one attached hydrogen (secondary N) is 2. The van der Waals surface area contributed by atoms with E-state index in [1.807, 2.05) is 25.2 Å². The number of hydrogen-bond donors (Lipinski definition) is 2. The van der Waals surface area contributed by atoms with Gasteiger partial charge in [0.2, 0.25) is 5.95 Å². The molecule has 0 radical (unpaired) electrons. The summed E-state index contributed by atoms with van der Waals surface area (Å²) in [4.78, 5) is 8.99. The molecule has 0 amide bonds. The fraction of sp³-hybridized carbons (Fsp3) is 0.429. The minimum absolute atomic E-state index is 0.558. The zero-order valence-corrected chi connectivity index (χ0v) is 10.8. The Morgan fingerprint density at radius 3 is 2.67 bits per heavy atom. The molecular weight excluding hydrogens is 224 g/mol. The van der Waals surface area contributed by atoms with E-state index < -0.39 is 0 Å². The van der Waals surface area contributed by atoms with Crippen LogP contribution in [0.3, 0.4) is 0 Å². The van der Waals surface area contributed by atoms with Gasteiger partial charge in [0.1, 0.15) is 5.82 Å². The first-order valence-electron chi connectivity index (χ1n) is 6.47. The van der Waals surface area contributed by atoms with Crippen molar-refractivity contribution in [3.8, 4) is 0 Å². The van der Waals surface area contributed by atoms with Gasteiger partial charge >= 0.3 is 0 Å². The Balaban J connectivity index is 1.97. The molecule has 1 fully saturated rings. The molecule has 0 atom stereocenters. The summed E-state index contributed by atoms with van der Waals surface area (Å²) in [5, 5.41) is 7.64. The first-order valence-corrected chi connectivity index (χ1v) is 6.47. The van der Waals surface area contributed by atoms with Gasteiger partial charge in [0.05, 0.1) is 5.52 Å². The Morgan fingerprint density at radius 1 is 1.17 bits per heavy atom. The molecular formula is C14H18N4. The highest BCUT2D eigenvalue weighted by Crippen LogP contribution is 2.31. The molecule has 0 saturated heterocycles. The van der Waals surface area contributed by atoms with Gasteiger partial charge in [0.15, 0.2) is 0 Å². The average molecular weight is 242 g/mol. The predicted molar refractivity (Wildman–Crippen MR) is 74.9 cm³/mol. The number of nitrogens with zero attached hydrogens (tertiary/aromatic N) is 2. The predicted octanol–water partition coefficient (Wildman–Crippen LogP) is 2.88. The molecule has 94 valence electrons. The Bertz CT molecular complexity index is 561. The quantitative estimate of drug-likeness (QED) is 0.869. The fourth-order valence-electron chi connectivity index (χ4n) is 2.51. The molecule has 4 nitrogen and oxygen atoms in total. The molecule has 1 aromatic carbocycles. The van der Waals surface area contributed by atoms with Crippen LogP contribution in [0.1, 0.15) is 19.8 Å². The first-order chi connectivity index (χ1) is 8.76. The van der Waals surface area contributed by atoms with Crippen molar-refractivity contribution in [2.24, 2.45) is 5.92 Å². The second-order valence-corrected chi connectivity index (χ2v) is 5.08. The third-order valence-corrected chi connectivity index (χ3v) is 3.54. The minimum atomic E-state index is 0.558. The molecule has 2 N–H and O–H groups in total. The van der Waals surface area contributed by atoms with Crippen molar-refractivity contribution in [1.29, 1.82) is 0 Å². The standard InChI is InChI=1S/C14H18N4/c1-9-7-10(8-9)16-13-11-5-3-4-6-12(11)17-14(15-2)18-13/h3-6,9-10H,7-8H2,1-2H3,(H2,15,16,17,18). The minimum Gasteiger partial charge on any atom is -0.367 e. The fourth-order valence-corrected chi connectivity index (χ4v) is 2.51. The van der Waals surface area contributed by atoms with Gasteiger partial charge in [-0.05, 0) is 30.9 Å². The van der Waals surface area contributed by atoms with Gasteiger partial charge in [0, 0.05) is 18.5 Å². The maximum Gasteiger partial charge on any atom is 0.224 e. The Labute approximate surface area is 107 Å². The summed E-state index contributed by atoms with van der Waals surface area (Å²) >= 11 is 0. The van der Waals surface area contributed by atoms with E-state index >= 15 is 0 Å². The number of hydrogen-bond acceptors (Lipinski definition) is 4. The number of fused-ring (bicyclic) bond motifs is 1. The zero-order chi connectivity index (χ0) is 12.5. The Kier molecular flexibility index (Phi) is 2.78. The van der Waals surface area contributed by atoms with Crippen molar-refractivity contribution in [3.05, 3.63) is 24.3 Å². The molecule has 1 heterocycles. The van der Waals surface area contributed by atoms with Gasteiger partial charge in [-0.2, -0.15) is 4.98 Å². The largest absolute Gasteiger partial charge is 0.367 e. The third-order valence-electron chi connectivity index (χ3n) is 3.54. The van der Waals surface area contributed by atoms with E-state index in [1.54, 1.807) is 0 Å². The lowest BCUT2D eigenvalue weighted by molar-refractivity contribution is 0.309. The number of aromatic nitrogens is 2. The van der Waals surface area contributed by atoms with Crippen LogP contribution in [0.4, 0.5) is 11.8 Å². The molecule has 1 aromatic heterocycles. The van der Waals surface area contributed by atoms with Crippen LogP contribution < -0.4 is 10.6 Å². The van der Waals surface area contributed by atoms with Crippen LogP contribution in [0.25, 0.3) is 10.9 Å². The van der Waals surface area contributed by atoms with Crippen LogP contribution in [0.2, 0.25) is 0 Å². The van der Waals surface area contributed by atoms with Crippen LogP contribution in [-0.4, -0.2) is 23.1 Å². The van der Waals surface area contributed by atoms with Crippen molar-refractivity contribution >= 4 is 22.7 Å². The van der Waals surface area contributed by atoms with Gasteiger partial charge in [-0.3, -0.25) is 0 Å². The first kappa shape index (κ1) is 11.3. The second kappa shape index (κ2) is 4.44. The molecule has 1 saturated carbocycles. The Morgan fingerprint density at radius 2 is 1.94 bits per heavy atom. The number of anilines is 2. The summed E-state index contributed by atoms with van der Waals surface area (Å²) in [6.07, 6.45) is 2.46. The zero-order valence-electron chi connectivity index (χ0n) is 10.8. The highest BCUT2D eigenvalue weighted by Gasteiger charge is 2.25. The van der Waals surface area contributed by atoms with E-state index in [9.17, 15) is 0 Å². The van der Waals surface area contributed by atoms with Crippen molar-refractivity contribution in [2.75, 3.05) is 17.7 Å². The lowest BCUT2D eigenvalue weighted by Gasteiger charge is -2.33. The number of para-hydroxylation sites is 1. The van der Waals surface area contributed by atoms with Gasteiger partial charge in [-0.1, -0.05) is 19.1 Å². The van der Waals surface area contributed by atoms with Gasteiger partial charge in [-0.15, -0.1) is 0 Å². The van der Waals surface area contributed by atoms with E-state index in [4.69, 9.17) is 0 Å². The Hall–Kier alpha value is -1.84. The van der Waals surface area contributed by atoms with E-state index in [0.717, 1.165) is 22.6 Å². The summed E-state index contributed by atoms with van der Waals surface area (Å²) < 4.78 is 0. The summed E-state index contributed by atoms with van der Waals surface area (Å²) in [6, 6.07) is 8.68. The lowest BCUT2D eigenvalue weighted by Crippen LogP contribution is -2.34. The molecule has 0 bridgehead atoms. The number of benzene rings is 1. The maximum atomic E-state index is 4.53. The monoisotopic (exact) mass is 242 g/mol. The van der Waals surface area contributed by atoms with E-state index in [1.165, 1.54) is 12.8 Å². The average Bonchev–Trinajstić information content (AvgIpc) is 2.36. The molecule has 2 aromatic rings. The van der Waals surface area contributed by atoms with E-state index in [2.05, 4.69) is 33.6 Å². The third kappa shape index (κ3) is 1.98. The maximum absolute atomic E-state index is 4.53. The van der Waals surface area contributed by atoms with Crippen molar-refractivity contribution in [3.63, 3.8) is 0 Å². The van der Waals surface area contributed by atoms with Crippen molar-refractivity contribution in [2.45, 2.75) is 25.8 Å². The van der Waals surface area contributed by atoms with Crippen molar-refractivity contribution in [1.82, 2.24) is 9.97 Å². The van der Waals surface area contributed by atoms with Crippen LogP contribution in [0.5, 0.6) is 0 Å². The van der Waals surface area contributed by atoms with Crippen LogP contribution in [0.15, 0.2) is 24.3 Å². The van der Waals surface area contributed by atoms with Crippen molar-refractivity contribution < 1.29 is 0 Å². The molecule has 18 heavy (non-hydrogen) atoms. The van der Waals surface area contributed by atoms with Crippen LogP contribution >= 0.6 is 0 Å². The molecule has 3 rings (SSSR count). The summed E-state index contributed by atoms with van der Waals surface area (Å²) in [5.41, 5.74) is 0.978. The molecule has 4 heteroatoms. The molecule has 1 aliphatic carbocycles. The van der Waals surface area contributed by atoms with E-state index in [-0.39, 0.29) is 0 Å². The number of rotatable bonds is 3. The summed E-state index contributed by atoms with van der Waals surface area (Å²) in [5.74, 6) is 2.45. The highest BCUT2D eigenvalue weighted by molar-refractivity contribution is 5.90. The lowest BCUT2D eigenvalue weighted by atomic mass is 9.82. The van der Waals surface area contributed by atoms with Gasteiger partial charge in [0.25, 0.3) is 0 Å². The SMILES string of the molecule is CNc1nc(NC2CC(C)C2)c2ccccc2n1. The van der Waals surface area contributed by atoms with Gasteiger partial charge in [-0.25, -0.2) is 4.98 Å². The second-order valence-electron chi connectivity index (χ2n) is 5.08. The van der Waals surface area contributed by atoms with Crippen LogP contribution in [0, 0.1) is 5.92 Å². The molecule has 1 aliphatic rings. The van der Waals surface area contributed by atoms with Crippen LogP contribution in [-0.2, 0) is 0 Å². The molecule has 0 unspecified atom stereocenters. The highest BCUT2D eigenvalue weighted by atomic mass is 15.1. The summed E-state index contributed by atoms with van der Waals surface area (Å²) in [7, 11) is 1.85. The normalized spacial score (nSPS) is 22.6. The summed E-state index contributed by atoms with van der Waals surface area (Å²) in [6.45, 7) is 2.29. The molecule has 0 aliphatic heterocycles. The smallest absolute Gasteiger partial charge is 0.224 e. The van der Waals surface area contributed by atoms with Gasteiger partial charge < -0.3 is 10.6 Å². The van der Waals surface area contributed by atoms with E-state index in [0.29, 0.717) is 12.0 Å². The molecule has 0 spiro atoms. The topological polar surface area (TPSA) is 49.8 Å².